The molecule has 0 saturated carbocycles. The van der Waals surface area contributed by atoms with E-state index in [1.165, 1.54) is 19.3 Å². The molecule has 31 heavy (non-hydrogen) atoms. The minimum atomic E-state index is -0.0195. The Labute approximate surface area is 205 Å². The van der Waals surface area contributed by atoms with Gasteiger partial charge in [-0.05, 0) is 30.0 Å². The second kappa shape index (κ2) is 15.9. The molecule has 0 saturated heterocycles. The highest BCUT2D eigenvalue weighted by atomic mass is 127. The van der Waals surface area contributed by atoms with Crippen LogP contribution < -0.4 is 10.6 Å². The zero-order valence-electron chi connectivity index (χ0n) is 19.9. The summed E-state index contributed by atoms with van der Waals surface area (Å²) in [6, 6.07) is 7.47. The molecule has 0 heterocycles. The minimum Gasteiger partial charge on any atom is -0.356 e. The van der Waals surface area contributed by atoms with Gasteiger partial charge in [0.05, 0.1) is 13.1 Å². The molecule has 0 bridgehead atoms. The maximum atomic E-state index is 12.0. The molecule has 0 aliphatic carbocycles. The summed E-state index contributed by atoms with van der Waals surface area (Å²) >= 11 is 0. The van der Waals surface area contributed by atoms with Crippen LogP contribution >= 0.6 is 24.0 Å². The normalized spacial score (nSPS) is 11.9. The number of benzene rings is 1. The Balaban J connectivity index is 0.00000900. The first-order valence-electron chi connectivity index (χ1n) is 10.8. The van der Waals surface area contributed by atoms with Gasteiger partial charge in [0.25, 0.3) is 5.91 Å². The fourth-order valence-electron chi connectivity index (χ4n) is 2.86. The molecule has 2 amide bonds. The van der Waals surface area contributed by atoms with Crippen LogP contribution in [0.2, 0.25) is 0 Å². The highest BCUT2D eigenvalue weighted by molar-refractivity contribution is 14.0. The van der Waals surface area contributed by atoms with Gasteiger partial charge >= 0.3 is 0 Å². The summed E-state index contributed by atoms with van der Waals surface area (Å²) in [7, 11) is 6.96. The van der Waals surface area contributed by atoms with Crippen molar-refractivity contribution in [2.45, 2.75) is 46.1 Å². The molecule has 2 N–H and O–H groups in total. The van der Waals surface area contributed by atoms with Crippen LogP contribution in [0.3, 0.4) is 0 Å². The second-order valence-electron chi connectivity index (χ2n) is 8.00. The minimum absolute atomic E-state index is 0. The molecular formula is C23H40IN5O2. The Morgan fingerprint density at radius 3 is 2.16 bits per heavy atom. The lowest BCUT2D eigenvalue weighted by Crippen LogP contribution is -2.44. The number of halogens is 1. The van der Waals surface area contributed by atoms with Crippen LogP contribution in [0.15, 0.2) is 29.3 Å². The van der Waals surface area contributed by atoms with Crippen LogP contribution in [0.1, 0.15) is 55.5 Å². The molecule has 1 rings (SSSR count). The Morgan fingerprint density at radius 2 is 1.65 bits per heavy atom. The zero-order valence-corrected chi connectivity index (χ0v) is 22.2. The summed E-state index contributed by atoms with van der Waals surface area (Å²) in [6.45, 7) is 5.90. The topological polar surface area (TPSA) is 77.0 Å². The van der Waals surface area contributed by atoms with Gasteiger partial charge in [0.15, 0.2) is 5.96 Å². The lowest BCUT2D eigenvalue weighted by Gasteiger charge is -2.19. The largest absolute Gasteiger partial charge is 0.356 e. The van der Waals surface area contributed by atoms with Gasteiger partial charge in [-0.2, -0.15) is 0 Å². The molecule has 8 heteroatoms. The molecule has 0 aliphatic rings. The summed E-state index contributed by atoms with van der Waals surface area (Å²) in [5.41, 5.74) is 1.66. The summed E-state index contributed by atoms with van der Waals surface area (Å²) in [4.78, 5) is 31.7. The number of guanidine groups is 1. The van der Waals surface area contributed by atoms with Gasteiger partial charge in [0, 0.05) is 40.3 Å². The van der Waals surface area contributed by atoms with Crippen LogP contribution in [0.5, 0.6) is 0 Å². The first kappa shape index (κ1) is 29.2. The molecule has 0 aliphatic heterocycles. The van der Waals surface area contributed by atoms with E-state index >= 15 is 0 Å². The Bertz CT molecular complexity index is 690. The molecule has 0 fully saturated rings. The van der Waals surface area contributed by atoms with Crippen LogP contribution in [0, 0.1) is 5.92 Å². The molecule has 1 aromatic carbocycles. The third-order valence-corrected chi connectivity index (χ3v) is 5.03. The standard InChI is InChI=1S/C23H39N5O2.HI/c1-7-9-10-18(8-2)15-24-23(26-17-21(29)27(3)4)25-16-19-11-13-20(14-12-19)22(30)28(5)6;/h11-14,18H,7-10,15-17H2,1-6H3,(H2,24,25,26);1H. The molecular weight excluding hydrogens is 505 g/mol. The number of nitrogens with zero attached hydrogens (tertiary/aromatic N) is 3. The first-order chi connectivity index (χ1) is 14.3. The third-order valence-electron chi connectivity index (χ3n) is 5.03. The van der Waals surface area contributed by atoms with Crippen LogP contribution in [-0.4, -0.2) is 68.9 Å². The SMILES string of the molecule is CCCCC(CC)CNC(=NCc1ccc(C(=O)N(C)C)cc1)NCC(=O)N(C)C.I. The van der Waals surface area contributed by atoms with Crippen molar-refractivity contribution in [3.8, 4) is 0 Å². The number of rotatable bonds is 11. The number of likely N-dealkylation sites (N-methyl/N-ethyl adjacent to an activating group) is 1. The molecule has 0 spiro atoms. The predicted octanol–water partition coefficient (Wildman–Crippen LogP) is 3.35. The lowest BCUT2D eigenvalue weighted by molar-refractivity contribution is -0.127. The van der Waals surface area contributed by atoms with Gasteiger partial charge in [-0.25, -0.2) is 4.99 Å². The van der Waals surface area contributed by atoms with Gasteiger partial charge in [-0.3, -0.25) is 9.59 Å². The number of unbranched alkanes of at least 4 members (excludes halogenated alkanes) is 1. The first-order valence-corrected chi connectivity index (χ1v) is 10.8. The highest BCUT2D eigenvalue weighted by Crippen LogP contribution is 2.11. The van der Waals surface area contributed by atoms with Crippen molar-refractivity contribution in [2.75, 3.05) is 41.3 Å². The van der Waals surface area contributed by atoms with Gasteiger partial charge in [-0.15, -0.1) is 24.0 Å². The molecule has 0 aromatic heterocycles. The van der Waals surface area contributed by atoms with E-state index in [0.29, 0.717) is 24.0 Å². The molecule has 7 nitrogen and oxygen atoms in total. The van der Waals surface area contributed by atoms with Crippen molar-refractivity contribution < 1.29 is 9.59 Å². The van der Waals surface area contributed by atoms with Crippen molar-refractivity contribution in [2.24, 2.45) is 10.9 Å². The van der Waals surface area contributed by atoms with E-state index in [1.807, 2.05) is 24.3 Å². The molecule has 1 aromatic rings. The van der Waals surface area contributed by atoms with E-state index in [0.717, 1.165) is 18.5 Å². The number of aliphatic imine (C=N–C) groups is 1. The molecule has 176 valence electrons. The Morgan fingerprint density at radius 1 is 1.00 bits per heavy atom. The van der Waals surface area contributed by atoms with E-state index in [4.69, 9.17) is 0 Å². The van der Waals surface area contributed by atoms with Gasteiger partial charge < -0.3 is 20.4 Å². The summed E-state index contributed by atoms with van der Waals surface area (Å²) in [6.07, 6.45) is 4.71. The Hall–Kier alpha value is -1.84. The van der Waals surface area contributed by atoms with Gasteiger partial charge in [-0.1, -0.05) is 45.2 Å². The van der Waals surface area contributed by atoms with Crippen LogP contribution in [0.25, 0.3) is 0 Å². The van der Waals surface area contributed by atoms with Crippen molar-refractivity contribution in [1.82, 2.24) is 20.4 Å². The smallest absolute Gasteiger partial charge is 0.253 e. The fraction of sp³-hybridized carbons (Fsp3) is 0.609. The zero-order chi connectivity index (χ0) is 22.5. The lowest BCUT2D eigenvalue weighted by atomic mass is 9.99. The second-order valence-corrected chi connectivity index (χ2v) is 8.00. The highest BCUT2D eigenvalue weighted by Gasteiger charge is 2.10. The number of carbonyl (C=O) groups is 2. The average Bonchev–Trinajstić information content (AvgIpc) is 2.74. The predicted molar refractivity (Wildman–Crippen MR) is 139 cm³/mol. The number of nitrogens with one attached hydrogen (secondary N) is 2. The van der Waals surface area contributed by atoms with Crippen LogP contribution in [0.4, 0.5) is 0 Å². The number of hydrogen-bond donors (Lipinski definition) is 2. The monoisotopic (exact) mass is 545 g/mol. The summed E-state index contributed by atoms with van der Waals surface area (Å²) < 4.78 is 0. The fourth-order valence-corrected chi connectivity index (χ4v) is 2.86. The number of amides is 2. The average molecular weight is 546 g/mol. The quantitative estimate of drug-likeness (QED) is 0.254. The maximum Gasteiger partial charge on any atom is 0.253 e. The third kappa shape index (κ3) is 11.4. The van der Waals surface area contributed by atoms with Crippen molar-refractivity contribution in [3.63, 3.8) is 0 Å². The maximum absolute atomic E-state index is 12.0. The number of hydrogen-bond acceptors (Lipinski definition) is 3. The summed E-state index contributed by atoms with van der Waals surface area (Å²) in [5.74, 6) is 1.19. The molecule has 1 unspecified atom stereocenters. The van der Waals surface area contributed by atoms with E-state index in [2.05, 4.69) is 29.5 Å². The summed E-state index contributed by atoms with van der Waals surface area (Å²) in [5, 5.41) is 6.53. The molecule has 1 atom stereocenters. The van der Waals surface area contributed by atoms with Crippen molar-refractivity contribution in [1.29, 1.82) is 0 Å². The van der Waals surface area contributed by atoms with Gasteiger partial charge in [0.2, 0.25) is 5.91 Å². The Kier molecular flexibility index (Phi) is 14.9. The van der Waals surface area contributed by atoms with Crippen molar-refractivity contribution >= 4 is 41.8 Å². The van der Waals surface area contributed by atoms with E-state index in [9.17, 15) is 9.59 Å². The molecule has 0 radical (unpaired) electrons. The number of carbonyl (C=O) groups excluding carboxylic acids is 2. The van der Waals surface area contributed by atoms with E-state index in [-0.39, 0.29) is 42.3 Å². The van der Waals surface area contributed by atoms with Crippen LogP contribution in [-0.2, 0) is 11.3 Å². The van der Waals surface area contributed by atoms with Gasteiger partial charge in [0.1, 0.15) is 0 Å². The van der Waals surface area contributed by atoms with E-state index in [1.54, 1.807) is 38.0 Å². The van der Waals surface area contributed by atoms with Crippen molar-refractivity contribution in [3.05, 3.63) is 35.4 Å². The van der Waals surface area contributed by atoms with E-state index < -0.39 is 0 Å².